The molecule has 106 valence electrons. The Balaban J connectivity index is 2.56. The van der Waals surface area contributed by atoms with Crippen LogP contribution < -0.4 is 0 Å². The van der Waals surface area contributed by atoms with Crippen molar-refractivity contribution in [3.63, 3.8) is 0 Å². The first-order valence-electron chi connectivity index (χ1n) is 7.58. The van der Waals surface area contributed by atoms with Crippen molar-refractivity contribution in [3.05, 3.63) is 0 Å². The second kappa shape index (κ2) is 7.78. The van der Waals surface area contributed by atoms with Gasteiger partial charge in [-0.15, -0.1) is 0 Å². The minimum Gasteiger partial charge on any atom is -0.393 e. The minimum absolute atomic E-state index is 0.194. The van der Waals surface area contributed by atoms with Gasteiger partial charge in [0.15, 0.2) is 0 Å². The first-order valence-corrected chi connectivity index (χ1v) is 7.58. The molecule has 1 aliphatic rings. The SMILES string of the molecule is CCCCC(CC)C(=O)N1CCCC1CC(C)O. The zero-order valence-corrected chi connectivity index (χ0v) is 12.2. The Bertz CT molecular complexity index is 253. The topological polar surface area (TPSA) is 40.5 Å². The molecule has 0 aromatic carbocycles. The van der Waals surface area contributed by atoms with E-state index in [0.717, 1.165) is 51.5 Å². The third-order valence-corrected chi connectivity index (χ3v) is 4.02. The van der Waals surface area contributed by atoms with Crippen LogP contribution in [0.15, 0.2) is 0 Å². The van der Waals surface area contributed by atoms with Crippen LogP contribution in [0.3, 0.4) is 0 Å². The average molecular weight is 255 g/mol. The molecule has 3 unspecified atom stereocenters. The van der Waals surface area contributed by atoms with E-state index in [0.29, 0.717) is 5.91 Å². The fraction of sp³-hybridized carbons (Fsp3) is 0.933. The van der Waals surface area contributed by atoms with Gasteiger partial charge in [-0.3, -0.25) is 4.79 Å². The predicted molar refractivity (Wildman–Crippen MR) is 74.3 cm³/mol. The number of hydrogen-bond acceptors (Lipinski definition) is 2. The summed E-state index contributed by atoms with van der Waals surface area (Å²) in [6.07, 6.45) is 6.82. The maximum atomic E-state index is 12.5. The van der Waals surface area contributed by atoms with Gasteiger partial charge in [0.1, 0.15) is 0 Å². The molecule has 0 bridgehead atoms. The summed E-state index contributed by atoms with van der Waals surface area (Å²) in [5, 5.41) is 9.51. The van der Waals surface area contributed by atoms with Crippen molar-refractivity contribution in [2.24, 2.45) is 5.92 Å². The number of hydrogen-bond donors (Lipinski definition) is 1. The molecule has 1 aliphatic heterocycles. The quantitative estimate of drug-likeness (QED) is 0.760. The van der Waals surface area contributed by atoms with Crippen molar-refractivity contribution < 1.29 is 9.90 Å². The number of carbonyl (C=O) groups excluding carboxylic acids is 1. The normalized spacial score (nSPS) is 23.1. The Kier molecular flexibility index (Phi) is 6.69. The Hall–Kier alpha value is -0.570. The summed E-state index contributed by atoms with van der Waals surface area (Å²) in [5.74, 6) is 0.522. The van der Waals surface area contributed by atoms with Gasteiger partial charge in [0, 0.05) is 18.5 Å². The molecule has 0 aromatic rings. The van der Waals surface area contributed by atoms with Gasteiger partial charge in [-0.1, -0.05) is 26.7 Å². The van der Waals surface area contributed by atoms with Crippen LogP contribution in [0.25, 0.3) is 0 Å². The summed E-state index contributed by atoms with van der Waals surface area (Å²) < 4.78 is 0. The lowest BCUT2D eigenvalue weighted by Crippen LogP contribution is -2.40. The highest BCUT2D eigenvalue weighted by molar-refractivity contribution is 5.79. The molecule has 3 heteroatoms. The highest BCUT2D eigenvalue weighted by Gasteiger charge is 2.32. The summed E-state index contributed by atoms with van der Waals surface area (Å²) in [6.45, 7) is 6.98. The van der Waals surface area contributed by atoms with Gasteiger partial charge in [-0.05, 0) is 39.0 Å². The Labute approximate surface area is 112 Å². The van der Waals surface area contributed by atoms with Gasteiger partial charge in [0.2, 0.25) is 5.91 Å². The van der Waals surface area contributed by atoms with Gasteiger partial charge in [-0.2, -0.15) is 0 Å². The molecule has 0 aromatic heterocycles. The van der Waals surface area contributed by atoms with Gasteiger partial charge < -0.3 is 10.0 Å². The molecule has 0 saturated carbocycles. The summed E-state index contributed by atoms with van der Waals surface area (Å²) >= 11 is 0. The van der Waals surface area contributed by atoms with E-state index in [9.17, 15) is 9.90 Å². The van der Waals surface area contributed by atoms with Crippen molar-refractivity contribution in [1.82, 2.24) is 4.90 Å². The number of aliphatic hydroxyl groups is 1. The minimum atomic E-state index is -0.306. The highest BCUT2D eigenvalue weighted by Crippen LogP contribution is 2.26. The van der Waals surface area contributed by atoms with Crippen LogP contribution in [0.1, 0.15) is 65.7 Å². The molecule has 3 nitrogen and oxygen atoms in total. The number of unbranched alkanes of at least 4 members (excludes halogenated alkanes) is 1. The van der Waals surface area contributed by atoms with Crippen molar-refractivity contribution in [3.8, 4) is 0 Å². The summed E-state index contributed by atoms with van der Waals surface area (Å²) in [5.41, 5.74) is 0. The van der Waals surface area contributed by atoms with Crippen LogP contribution in [0.2, 0.25) is 0 Å². The Morgan fingerprint density at radius 3 is 2.72 bits per heavy atom. The van der Waals surface area contributed by atoms with Gasteiger partial charge in [0.25, 0.3) is 0 Å². The zero-order chi connectivity index (χ0) is 13.5. The molecule has 3 atom stereocenters. The molecule has 0 aliphatic carbocycles. The number of carbonyl (C=O) groups is 1. The smallest absolute Gasteiger partial charge is 0.225 e. The summed E-state index contributed by atoms with van der Waals surface area (Å²) in [6, 6.07) is 0.271. The van der Waals surface area contributed by atoms with E-state index in [1.165, 1.54) is 0 Å². The summed E-state index contributed by atoms with van der Waals surface area (Å²) in [4.78, 5) is 14.6. The molecule has 0 spiro atoms. The molecule has 18 heavy (non-hydrogen) atoms. The molecule has 1 amide bonds. The molecular formula is C15H29NO2. The predicted octanol–water partition coefficient (Wildman–Crippen LogP) is 2.96. The monoisotopic (exact) mass is 255 g/mol. The molecule has 1 rings (SSSR count). The lowest BCUT2D eigenvalue weighted by molar-refractivity contribution is -0.137. The van der Waals surface area contributed by atoms with Crippen molar-refractivity contribution >= 4 is 5.91 Å². The Morgan fingerprint density at radius 2 is 2.17 bits per heavy atom. The van der Waals surface area contributed by atoms with E-state index in [-0.39, 0.29) is 18.1 Å². The van der Waals surface area contributed by atoms with Crippen molar-refractivity contribution in [2.75, 3.05) is 6.54 Å². The fourth-order valence-electron chi connectivity index (χ4n) is 2.95. The van der Waals surface area contributed by atoms with Crippen LogP contribution in [-0.4, -0.2) is 34.6 Å². The van der Waals surface area contributed by atoms with Crippen LogP contribution >= 0.6 is 0 Å². The zero-order valence-electron chi connectivity index (χ0n) is 12.2. The lowest BCUT2D eigenvalue weighted by atomic mass is 9.97. The van der Waals surface area contributed by atoms with Crippen LogP contribution in [0, 0.1) is 5.92 Å². The van der Waals surface area contributed by atoms with Crippen molar-refractivity contribution in [1.29, 1.82) is 0 Å². The molecule has 1 heterocycles. The van der Waals surface area contributed by atoms with E-state index in [1.54, 1.807) is 0 Å². The van der Waals surface area contributed by atoms with Gasteiger partial charge in [-0.25, -0.2) is 0 Å². The second-order valence-corrected chi connectivity index (χ2v) is 5.66. The van der Waals surface area contributed by atoms with Gasteiger partial charge in [0.05, 0.1) is 6.10 Å². The van der Waals surface area contributed by atoms with Gasteiger partial charge >= 0.3 is 0 Å². The van der Waals surface area contributed by atoms with Crippen LogP contribution in [0.4, 0.5) is 0 Å². The molecular weight excluding hydrogens is 226 g/mol. The molecule has 1 fully saturated rings. The largest absolute Gasteiger partial charge is 0.393 e. The number of aliphatic hydroxyl groups excluding tert-OH is 1. The van der Waals surface area contributed by atoms with E-state index in [4.69, 9.17) is 0 Å². The third kappa shape index (κ3) is 4.27. The maximum absolute atomic E-state index is 12.5. The standard InChI is InChI=1S/C15H29NO2/c1-4-6-8-13(5-2)15(18)16-10-7-9-14(16)11-12(3)17/h12-14,17H,4-11H2,1-3H3. The van der Waals surface area contributed by atoms with Crippen LogP contribution in [0.5, 0.6) is 0 Å². The molecule has 0 radical (unpaired) electrons. The highest BCUT2D eigenvalue weighted by atomic mass is 16.3. The number of nitrogens with zero attached hydrogens (tertiary/aromatic N) is 1. The molecule has 1 N–H and O–H groups in total. The average Bonchev–Trinajstić information content (AvgIpc) is 2.77. The van der Waals surface area contributed by atoms with E-state index >= 15 is 0 Å². The van der Waals surface area contributed by atoms with E-state index in [2.05, 4.69) is 13.8 Å². The molecule has 1 saturated heterocycles. The Morgan fingerprint density at radius 1 is 1.44 bits per heavy atom. The summed E-state index contributed by atoms with van der Waals surface area (Å²) in [7, 11) is 0. The van der Waals surface area contributed by atoms with E-state index in [1.807, 2.05) is 11.8 Å². The second-order valence-electron chi connectivity index (χ2n) is 5.66. The van der Waals surface area contributed by atoms with Crippen LogP contribution in [-0.2, 0) is 4.79 Å². The number of likely N-dealkylation sites (tertiary alicyclic amines) is 1. The lowest BCUT2D eigenvalue weighted by Gasteiger charge is -2.29. The van der Waals surface area contributed by atoms with E-state index < -0.39 is 0 Å². The maximum Gasteiger partial charge on any atom is 0.225 e. The first-order chi connectivity index (χ1) is 8.60. The number of rotatable bonds is 7. The third-order valence-electron chi connectivity index (χ3n) is 4.02. The number of amides is 1. The fourth-order valence-corrected chi connectivity index (χ4v) is 2.95. The van der Waals surface area contributed by atoms with Crippen molar-refractivity contribution in [2.45, 2.75) is 77.9 Å². The first kappa shape index (κ1) is 15.5.